The number of terminal acetylenes is 1. The molecule has 2 aromatic rings. The van der Waals surface area contributed by atoms with E-state index < -0.39 is 0 Å². The van der Waals surface area contributed by atoms with E-state index in [4.69, 9.17) is 6.42 Å². The van der Waals surface area contributed by atoms with Gasteiger partial charge in [0.05, 0.1) is 0 Å². The van der Waals surface area contributed by atoms with Crippen LogP contribution in [0.25, 0.3) is 17.2 Å². The zero-order valence-corrected chi connectivity index (χ0v) is 12.7. The molecule has 0 fully saturated rings. The second-order valence-corrected chi connectivity index (χ2v) is 5.82. The third-order valence-electron chi connectivity index (χ3n) is 3.42. The van der Waals surface area contributed by atoms with Crippen molar-refractivity contribution in [1.82, 2.24) is 0 Å². The number of allylic oxidation sites excluding steroid dienone is 3. The molecule has 0 spiro atoms. The number of aryl methyl sites for hydroxylation is 1. The van der Waals surface area contributed by atoms with Crippen molar-refractivity contribution >= 4 is 33.2 Å². The molecule has 1 heteroatoms. The molecule has 1 aliphatic carbocycles. The van der Waals surface area contributed by atoms with Crippen LogP contribution in [0.2, 0.25) is 0 Å². The van der Waals surface area contributed by atoms with Crippen LogP contribution < -0.4 is 0 Å². The van der Waals surface area contributed by atoms with Gasteiger partial charge < -0.3 is 0 Å². The lowest BCUT2D eigenvalue weighted by Gasteiger charge is -2.04. The number of fused-ring (bicyclic) bond motifs is 1. The van der Waals surface area contributed by atoms with Crippen LogP contribution in [0.1, 0.15) is 22.3 Å². The molecular formula is C19H13Br. The number of halogens is 1. The van der Waals surface area contributed by atoms with Crippen LogP contribution >= 0.6 is 15.9 Å². The van der Waals surface area contributed by atoms with Gasteiger partial charge in [0.2, 0.25) is 0 Å². The molecule has 0 radical (unpaired) electrons. The average molecular weight is 321 g/mol. The zero-order valence-electron chi connectivity index (χ0n) is 11.2. The highest BCUT2D eigenvalue weighted by atomic mass is 79.9. The molecule has 3 rings (SSSR count). The third-order valence-corrected chi connectivity index (χ3v) is 3.95. The minimum Gasteiger partial charge on any atom is -0.115 e. The second-order valence-electron chi connectivity index (χ2n) is 4.90. The van der Waals surface area contributed by atoms with Gasteiger partial charge in [-0.2, -0.15) is 0 Å². The summed E-state index contributed by atoms with van der Waals surface area (Å²) in [7, 11) is 0. The van der Waals surface area contributed by atoms with Crippen molar-refractivity contribution in [2.75, 3.05) is 0 Å². The summed E-state index contributed by atoms with van der Waals surface area (Å²) in [6, 6.07) is 14.7. The maximum absolute atomic E-state index is 5.62. The highest BCUT2D eigenvalue weighted by Gasteiger charge is 2.16. The Kier molecular flexibility index (Phi) is 3.34. The predicted octanol–water partition coefficient (Wildman–Crippen LogP) is 5.33. The van der Waals surface area contributed by atoms with Crippen molar-refractivity contribution in [3.8, 4) is 12.3 Å². The van der Waals surface area contributed by atoms with Crippen molar-refractivity contribution in [2.45, 2.75) is 6.92 Å². The number of benzene rings is 2. The van der Waals surface area contributed by atoms with Gasteiger partial charge in [-0.15, -0.1) is 6.42 Å². The summed E-state index contributed by atoms with van der Waals surface area (Å²) >= 11 is 3.45. The molecule has 1 aliphatic rings. The van der Waals surface area contributed by atoms with Gasteiger partial charge in [0.25, 0.3) is 0 Å². The van der Waals surface area contributed by atoms with E-state index in [1.54, 1.807) is 0 Å². The molecule has 0 aliphatic heterocycles. The topological polar surface area (TPSA) is 0 Å². The van der Waals surface area contributed by atoms with E-state index in [2.05, 4.69) is 71.3 Å². The number of hydrogen-bond acceptors (Lipinski definition) is 0. The van der Waals surface area contributed by atoms with Crippen molar-refractivity contribution in [1.29, 1.82) is 0 Å². The first-order valence-electron chi connectivity index (χ1n) is 6.44. The van der Waals surface area contributed by atoms with Crippen LogP contribution in [0.4, 0.5) is 0 Å². The van der Waals surface area contributed by atoms with Gasteiger partial charge in [0, 0.05) is 10.0 Å². The standard InChI is InChI=1S/C19H13Br/c1-3-15-12-16(11-14-5-7-17(20)8-6-14)18-9-4-13(2)10-19(15)18/h1,4-12H,2H3. The van der Waals surface area contributed by atoms with E-state index in [-0.39, 0.29) is 0 Å². The van der Waals surface area contributed by atoms with Crippen LogP contribution in [0.3, 0.4) is 0 Å². The van der Waals surface area contributed by atoms with Gasteiger partial charge >= 0.3 is 0 Å². The summed E-state index contributed by atoms with van der Waals surface area (Å²) in [5.41, 5.74) is 6.92. The van der Waals surface area contributed by atoms with Gasteiger partial charge in [-0.25, -0.2) is 0 Å². The summed E-state index contributed by atoms with van der Waals surface area (Å²) in [5.74, 6) is 2.78. The number of hydrogen-bond donors (Lipinski definition) is 0. The predicted molar refractivity (Wildman–Crippen MR) is 90.0 cm³/mol. The molecule has 0 aromatic heterocycles. The molecule has 0 heterocycles. The first-order valence-corrected chi connectivity index (χ1v) is 7.23. The van der Waals surface area contributed by atoms with E-state index in [1.165, 1.54) is 22.3 Å². The summed E-state index contributed by atoms with van der Waals surface area (Å²) < 4.78 is 1.09. The fourth-order valence-corrected chi connectivity index (χ4v) is 2.69. The van der Waals surface area contributed by atoms with E-state index in [9.17, 15) is 0 Å². The van der Waals surface area contributed by atoms with Crippen molar-refractivity contribution < 1.29 is 0 Å². The molecule has 96 valence electrons. The Morgan fingerprint density at radius 1 is 1.05 bits per heavy atom. The first kappa shape index (κ1) is 13.0. The zero-order chi connectivity index (χ0) is 14.1. The van der Waals surface area contributed by atoms with Crippen molar-refractivity contribution in [3.05, 3.63) is 75.3 Å². The molecular weight excluding hydrogens is 308 g/mol. The Morgan fingerprint density at radius 3 is 2.50 bits per heavy atom. The largest absolute Gasteiger partial charge is 0.115 e. The van der Waals surface area contributed by atoms with Crippen LogP contribution in [0.15, 0.2) is 53.0 Å². The highest BCUT2D eigenvalue weighted by molar-refractivity contribution is 9.10. The van der Waals surface area contributed by atoms with Gasteiger partial charge in [0.1, 0.15) is 0 Å². The molecule has 0 saturated heterocycles. The minimum atomic E-state index is 0.965. The number of rotatable bonds is 1. The summed E-state index contributed by atoms with van der Waals surface area (Å²) in [5, 5.41) is 0. The summed E-state index contributed by atoms with van der Waals surface area (Å²) in [6.45, 7) is 2.09. The second kappa shape index (κ2) is 5.15. The third kappa shape index (κ3) is 2.35. The SMILES string of the molecule is C#CC1=CC(=Cc2ccc(Br)cc2)c2ccc(C)cc21. The molecule has 0 amide bonds. The van der Waals surface area contributed by atoms with Crippen LogP contribution in [-0.4, -0.2) is 0 Å². The van der Waals surface area contributed by atoms with Gasteiger partial charge in [-0.1, -0.05) is 57.7 Å². The van der Waals surface area contributed by atoms with Crippen LogP contribution in [0, 0.1) is 19.3 Å². The minimum absolute atomic E-state index is 0.965. The Hall–Kier alpha value is -2.04. The van der Waals surface area contributed by atoms with E-state index in [1.807, 2.05) is 12.1 Å². The van der Waals surface area contributed by atoms with Crippen molar-refractivity contribution in [3.63, 3.8) is 0 Å². The maximum atomic E-state index is 5.62. The quantitative estimate of drug-likeness (QED) is 0.623. The summed E-state index contributed by atoms with van der Waals surface area (Å²) in [6.07, 6.45) is 9.88. The molecule has 0 unspecified atom stereocenters. The molecule has 0 atom stereocenters. The van der Waals surface area contributed by atoms with Crippen LogP contribution in [0.5, 0.6) is 0 Å². The first-order chi connectivity index (χ1) is 9.67. The molecule has 0 saturated carbocycles. The average Bonchev–Trinajstić information content (AvgIpc) is 2.78. The fraction of sp³-hybridized carbons (Fsp3) is 0.0526. The Bertz CT molecular complexity index is 768. The Labute approximate surface area is 128 Å². The fourth-order valence-electron chi connectivity index (χ4n) is 2.42. The van der Waals surface area contributed by atoms with Gasteiger partial charge in [-0.3, -0.25) is 0 Å². The Morgan fingerprint density at radius 2 is 1.80 bits per heavy atom. The highest BCUT2D eigenvalue weighted by Crippen LogP contribution is 2.36. The molecule has 0 N–H and O–H groups in total. The van der Waals surface area contributed by atoms with E-state index >= 15 is 0 Å². The van der Waals surface area contributed by atoms with E-state index in [0.717, 1.165) is 15.6 Å². The van der Waals surface area contributed by atoms with Crippen LogP contribution in [-0.2, 0) is 0 Å². The van der Waals surface area contributed by atoms with E-state index in [0.29, 0.717) is 0 Å². The lowest BCUT2D eigenvalue weighted by Crippen LogP contribution is -1.85. The normalized spacial score (nSPS) is 14.8. The lowest BCUT2D eigenvalue weighted by atomic mass is 10.0. The molecule has 0 bridgehead atoms. The van der Waals surface area contributed by atoms with Gasteiger partial charge in [-0.05, 0) is 53.5 Å². The smallest absolute Gasteiger partial charge is 0.0327 e. The van der Waals surface area contributed by atoms with Crippen molar-refractivity contribution in [2.24, 2.45) is 0 Å². The van der Waals surface area contributed by atoms with Gasteiger partial charge in [0.15, 0.2) is 0 Å². The summed E-state index contributed by atoms with van der Waals surface area (Å²) in [4.78, 5) is 0. The maximum Gasteiger partial charge on any atom is 0.0327 e. The Balaban J connectivity index is 2.11. The lowest BCUT2D eigenvalue weighted by molar-refractivity contribution is 1.44. The molecule has 2 aromatic carbocycles. The molecule has 0 nitrogen and oxygen atoms in total. The molecule has 20 heavy (non-hydrogen) atoms. The monoisotopic (exact) mass is 320 g/mol.